The summed E-state index contributed by atoms with van der Waals surface area (Å²) in [5, 5.41) is 5.68. The van der Waals surface area contributed by atoms with Crippen LogP contribution in [0.5, 0.6) is 0 Å². The van der Waals surface area contributed by atoms with E-state index in [1.54, 1.807) is 0 Å². The van der Waals surface area contributed by atoms with Gasteiger partial charge in [-0.2, -0.15) is 0 Å². The van der Waals surface area contributed by atoms with Gasteiger partial charge in [-0.15, -0.1) is 12.4 Å². The molecule has 1 saturated heterocycles. The van der Waals surface area contributed by atoms with Crippen molar-refractivity contribution in [1.29, 1.82) is 0 Å². The lowest BCUT2D eigenvalue weighted by Crippen LogP contribution is -2.54. The van der Waals surface area contributed by atoms with E-state index < -0.39 is 0 Å². The number of nitrogens with two attached hydrogens (primary N) is 1. The number of rotatable bonds is 4. The molecular formula is C11H20ClN3O2. The number of amides is 2. The van der Waals surface area contributed by atoms with Gasteiger partial charge in [0.2, 0.25) is 11.8 Å². The number of halogens is 1. The van der Waals surface area contributed by atoms with Gasteiger partial charge in [-0.1, -0.05) is 0 Å². The zero-order chi connectivity index (χ0) is 11.8. The first-order chi connectivity index (χ1) is 7.55. The smallest absolute Gasteiger partial charge is 0.225 e. The topological polar surface area (TPSA) is 84.2 Å². The zero-order valence-electron chi connectivity index (χ0n) is 9.99. The molecule has 6 heteroatoms. The Morgan fingerprint density at radius 2 is 2.24 bits per heavy atom. The van der Waals surface area contributed by atoms with Crippen LogP contribution in [0.3, 0.4) is 0 Å². The van der Waals surface area contributed by atoms with Gasteiger partial charge in [0.05, 0.1) is 11.5 Å². The quantitative estimate of drug-likeness (QED) is 0.655. The fraction of sp³-hybridized carbons (Fsp3) is 0.818. The summed E-state index contributed by atoms with van der Waals surface area (Å²) in [6.45, 7) is 2.90. The Balaban J connectivity index is 0.00000144. The van der Waals surface area contributed by atoms with Crippen LogP contribution in [0.15, 0.2) is 0 Å². The number of hydrogen-bond acceptors (Lipinski definition) is 3. The van der Waals surface area contributed by atoms with Gasteiger partial charge in [-0.25, -0.2) is 0 Å². The third kappa shape index (κ3) is 3.10. The summed E-state index contributed by atoms with van der Waals surface area (Å²) in [5.41, 5.74) is 5.44. The van der Waals surface area contributed by atoms with Crippen LogP contribution in [0.2, 0.25) is 0 Å². The standard InChI is InChI=1S/C11H19N3O2.ClH/c1-11(6-12,8-2-3-8)14-10(16)7-4-9(15)13-5-7;/h7-8H,2-6,12H2,1H3,(H,13,15)(H,14,16);1H. The van der Waals surface area contributed by atoms with Crippen LogP contribution in [0.25, 0.3) is 0 Å². The second-order valence-corrected chi connectivity index (χ2v) is 5.09. The highest BCUT2D eigenvalue weighted by Gasteiger charge is 2.43. The highest BCUT2D eigenvalue weighted by molar-refractivity contribution is 5.89. The maximum absolute atomic E-state index is 11.9. The summed E-state index contributed by atoms with van der Waals surface area (Å²) in [6.07, 6.45) is 2.57. The minimum absolute atomic E-state index is 0. The summed E-state index contributed by atoms with van der Waals surface area (Å²) < 4.78 is 0. The zero-order valence-corrected chi connectivity index (χ0v) is 10.8. The van der Waals surface area contributed by atoms with Gasteiger partial charge in [-0.05, 0) is 25.7 Å². The van der Waals surface area contributed by atoms with Crippen molar-refractivity contribution in [3.63, 3.8) is 0 Å². The fourth-order valence-corrected chi connectivity index (χ4v) is 2.21. The Labute approximate surface area is 107 Å². The Morgan fingerprint density at radius 1 is 1.59 bits per heavy atom. The van der Waals surface area contributed by atoms with Crippen molar-refractivity contribution < 1.29 is 9.59 Å². The molecule has 5 nitrogen and oxygen atoms in total. The van der Waals surface area contributed by atoms with Crippen LogP contribution in [0.4, 0.5) is 0 Å². The highest BCUT2D eigenvalue weighted by atomic mass is 35.5. The average Bonchev–Trinajstić information content (AvgIpc) is 3.02. The molecule has 0 aromatic heterocycles. The molecule has 0 bridgehead atoms. The van der Waals surface area contributed by atoms with Gasteiger partial charge >= 0.3 is 0 Å². The first-order valence-corrected chi connectivity index (χ1v) is 5.84. The molecule has 1 aliphatic carbocycles. The maximum atomic E-state index is 11.9. The van der Waals surface area contributed by atoms with Gasteiger partial charge in [-0.3, -0.25) is 9.59 Å². The molecular weight excluding hydrogens is 242 g/mol. The largest absolute Gasteiger partial charge is 0.355 e. The number of carbonyl (C=O) groups excluding carboxylic acids is 2. The van der Waals surface area contributed by atoms with Crippen molar-refractivity contribution in [1.82, 2.24) is 10.6 Å². The van der Waals surface area contributed by atoms with E-state index in [4.69, 9.17) is 5.73 Å². The molecule has 2 atom stereocenters. The van der Waals surface area contributed by atoms with E-state index in [1.807, 2.05) is 6.92 Å². The number of hydrogen-bond donors (Lipinski definition) is 3. The predicted octanol–water partition coefficient (Wildman–Crippen LogP) is -0.212. The van der Waals surface area contributed by atoms with Crippen molar-refractivity contribution >= 4 is 24.2 Å². The van der Waals surface area contributed by atoms with Crippen molar-refractivity contribution in [2.24, 2.45) is 17.6 Å². The SMILES string of the molecule is CC(CN)(NC(=O)C1CNC(=O)C1)C1CC1.Cl. The van der Waals surface area contributed by atoms with Gasteiger partial charge in [0, 0.05) is 19.5 Å². The number of nitrogens with one attached hydrogen (secondary N) is 2. The molecule has 1 saturated carbocycles. The minimum Gasteiger partial charge on any atom is -0.355 e. The second kappa shape index (κ2) is 5.23. The van der Waals surface area contributed by atoms with E-state index in [9.17, 15) is 9.59 Å². The van der Waals surface area contributed by atoms with E-state index in [0.29, 0.717) is 25.4 Å². The summed E-state index contributed by atoms with van der Waals surface area (Å²) in [7, 11) is 0. The monoisotopic (exact) mass is 261 g/mol. The lowest BCUT2D eigenvalue weighted by Gasteiger charge is -2.30. The second-order valence-electron chi connectivity index (χ2n) is 5.09. The first-order valence-electron chi connectivity index (χ1n) is 5.84. The normalized spacial score (nSPS) is 26.7. The van der Waals surface area contributed by atoms with Crippen LogP contribution < -0.4 is 16.4 Å². The molecule has 4 N–H and O–H groups in total. The van der Waals surface area contributed by atoms with Gasteiger partial charge in [0.25, 0.3) is 0 Å². The predicted molar refractivity (Wildman–Crippen MR) is 66.7 cm³/mol. The first kappa shape index (κ1) is 14.3. The fourth-order valence-electron chi connectivity index (χ4n) is 2.21. The van der Waals surface area contributed by atoms with Gasteiger partial charge < -0.3 is 16.4 Å². The van der Waals surface area contributed by atoms with Crippen LogP contribution in [-0.2, 0) is 9.59 Å². The van der Waals surface area contributed by atoms with Crippen LogP contribution in [0.1, 0.15) is 26.2 Å². The Bertz CT molecular complexity index is 320. The molecule has 2 aliphatic rings. The van der Waals surface area contributed by atoms with E-state index >= 15 is 0 Å². The molecule has 2 fully saturated rings. The third-order valence-corrected chi connectivity index (χ3v) is 3.66. The molecule has 2 rings (SSSR count). The molecule has 17 heavy (non-hydrogen) atoms. The number of carbonyl (C=O) groups is 2. The maximum Gasteiger partial charge on any atom is 0.225 e. The summed E-state index contributed by atoms with van der Waals surface area (Å²) in [6, 6.07) is 0. The lowest BCUT2D eigenvalue weighted by atomic mass is 9.94. The van der Waals surface area contributed by atoms with Crippen LogP contribution in [-0.4, -0.2) is 30.4 Å². The van der Waals surface area contributed by atoms with E-state index in [2.05, 4.69) is 10.6 Å². The highest BCUT2D eigenvalue weighted by Crippen LogP contribution is 2.39. The average molecular weight is 262 g/mol. The Kier molecular flexibility index (Phi) is 4.38. The van der Waals surface area contributed by atoms with E-state index in [-0.39, 0.29) is 35.7 Å². The summed E-state index contributed by atoms with van der Waals surface area (Å²) >= 11 is 0. The van der Waals surface area contributed by atoms with Gasteiger partial charge in [0.1, 0.15) is 0 Å². The molecule has 2 unspecified atom stereocenters. The molecule has 0 aromatic rings. The molecule has 0 aromatic carbocycles. The van der Waals surface area contributed by atoms with Gasteiger partial charge in [0.15, 0.2) is 0 Å². The van der Waals surface area contributed by atoms with Crippen molar-refractivity contribution in [3.05, 3.63) is 0 Å². The van der Waals surface area contributed by atoms with Crippen molar-refractivity contribution in [3.8, 4) is 0 Å². The molecule has 98 valence electrons. The summed E-state index contributed by atoms with van der Waals surface area (Å²) in [5.74, 6) is 0.197. The lowest BCUT2D eigenvalue weighted by molar-refractivity contribution is -0.128. The molecule has 1 heterocycles. The van der Waals surface area contributed by atoms with Crippen LogP contribution >= 0.6 is 12.4 Å². The Morgan fingerprint density at radius 3 is 2.65 bits per heavy atom. The van der Waals surface area contributed by atoms with Crippen molar-refractivity contribution in [2.75, 3.05) is 13.1 Å². The molecule has 0 spiro atoms. The minimum atomic E-state index is -0.289. The molecule has 2 amide bonds. The van der Waals surface area contributed by atoms with Crippen molar-refractivity contribution in [2.45, 2.75) is 31.7 Å². The Hall–Kier alpha value is -0.810. The van der Waals surface area contributed by atoms with E-state index in [1.165, 1.54) is 0 Å². The molecule has 0 radical (unpaired) electrons. The van der Waals surface area contributed by atoms with E-state index in [0.717, 1.165) is 12.8 Å². The summed E-state index contributed by atoms with van der Waals surface area (Å²) in [4.78, 5) is 23.0. The third-order valence-electron chi connectivity index (χ3n) is 3.66. The molecule has 1 aliphatic heterocycles. The van der Waals surface area contributed by atoms with Crippen LogP contribution in [0, 0.1) is 11.8 Å².